The minimum Gasteiger partial charge on any atom is -0.338 e. The number of halogens is 1. The summed E-state index contributed by atoms with van der Waals surface area (Å²) in [5.74, 6) is 0.592. The molecule has 0 aliphatic carbocycles. The molecule has 1 aliphatic rings. The van der Waals surface area contributed by atoms with Gasteiger partial charge in [-0.25, -0.2) is 18.4 Å². The zero-order valence-electron chi connectivity index (χ0n) is 15.2. The SMILES string of the molecule is Cc1cc(CN(C)c2ncc(S(C)(=O)=O)c(C3CCCNC3)n2)n[nH]1.Cl. The lowest BCUT2D eigenvalue weighted by Gasteiger charge is -2.25. The van der Waals surface area contributed by atoms with Gasteiger partial charge < -0.3 is 10.2 Å². The molecule has 26 heavy (non-hydrogen) atoms. The summed E-state index contributed by atoms with van der Waals surface area (Å²) in [6, 6.07) is 1.97. The van der Waals surface area contributed by atoms with E-state index >= 15 is 0 Å². The number of anilines is 1. The lowest BCUT2D eigenvalue weighted by Crippen LogP contribution is -2.30. The van der Waals surface area contributed by atoms with Gasteiger partial charge in [-0.3, -0.25) is 5.10 Å². The molecule has 2 aromatic rings. The molecule has 3 rings (SSSR count). The number of rotatable bonds is 5. The van der Waals surface area contributed by atoms with E-state index in [0.717, 1.165) is 37.3 Å². The summed E-state index contributed by atoms with van der Waals surface area (Å²) in [5.41, 5.74) is 2.49. The first kappa shape index (κ1) is 20.6. The zero-order valence-corrected chi connectivity index (χ0v) is 16.8. The zero-order chi connectivity index (χ0) is 18.0. The van der Waals surface area contributed by atoms with Gasteiger partial charge in [0.25, 0.3) is 0 Å². The highest BCUT2D eigenvalue weighted by Crippen LogP contribution is 2.28. The Labute approximate surface area is 160 Å². The molecule has 1 atom stereocenters. The van der Waals surface area contributed by atoms with Crippen molar-refractivity contribution in [3.8, 4) is 0 Å². The summed E-state index contributed by atoms with van der Waals surface area (Å²) in [6.07, 6.45) is 4.58. The van der Waals surface area contributed by atoms with Crippen molar-refractivity contribution in [2.24, 2.45) is 0 Å². The molecule has 144 valence electrons. The minimum absolute atomic E-state index is 0. The number of H-pyrrole nitrogens is 1. The number of nitrogens with one attached hydrogen (secondary N) is 2. The van der Waals surface area contributed by atoms with Crippen molar-refractivity contribution in [1.82, 2.24) is 25.5 Å². The fourth-order valence-corrected chi connectivity index (χ4v) is 3.93. The highest BCUT2D eigenvalue weighted by molar-refractivity contribution is 7.90. The Morgan fingerprint density at radius 2 is 2.15 bits per heavy atom. The molecule has 1 fully saturated rings. The molecule has 0 radical (unpaired) electrons. The molecule has 0 aromatic carbocycles. The van der Waals surface area contributed by atoms with Crippen LogP contribution in [0.3, 0.4) is 0 Å². The number of aromatic nitrogens is 4. The fraction of sp³-hybridized carbons (Fsp3) is 0.562. The molecule has 8 nitrogen and oxygen atoms in total. The highest BCUT2D eigenvalue weighted by atomic mass is 35.5. The normalized spacial score (nSPS) is 17.6. The van der Waals surface area contributed by atoms with E-state index in [1.54, 1.807) is 0 Å². The van der Waals surface area contributed by atoms with Crippen molar-refractivity contribution in [3.05, 3.63) is 29.3 Å². The maximum Gasteiger partial charge on any atom is 0.225 e. The van der Waals surface area contributed by atoms with Gasteiger partial charge in [0.15, 0.2) is 9.84 Å². The number of hydrogen-bond acceptors (Lipinski definition) is 7. The van der Waals surface area contributed by atoms with Crippen molar-refractivity contribution in [1.29, 1.82) is 0 Å². The van der Waals surface area contributed by atoms with E-state index in [4.69, 9.17) is 0 Å². The number of nitrogens with zero attached hydrogens (tertiary/aromatic N) is 4. The predicted molar refractivity (Wildman–Crippen MR) is 103 cm³/mol. The van der Waals surface area contributed by atoms with Crippen molar-refractivity contribution >= 4 is 28.2 Å². The van der Waals surface area contributed by atoms with Gasteiger partial charge in [0.2, 0.25) is 5.95 Å². The van der Waals surface area contributed by atoms with Gasteiger partial charge >= 0.3 is 0 Å². The van der Waals surface area contributed by atoms with Crippen LogP contribution in [-0.2, 0) is 16.4 Å². The molecule has 1 aliphatic heterocycles. The fourth-order valence-electron chi connectivity index (χ4n) is 3.09. The van der Waals surface area contributed by atoms with Gasteiger partial charge in [-0.2, -0.15) is 5.10 Å². The third-order valence-electron chi connectivity index (χ3n) is 4.35. The van der Waals surface area contributed by atoms with Crippen LogP contribution in [0.15, 0.2) is 17.2 Å². The monoisotopic (exact) mass is 400 g/mol. The van der Waals surface area contributed by atoms with E-state index in [9.17, 15) is 8.42 Å². The Kier molecular flexibility index (Phi) is 6.59. The molecular weight excluding hydrogens is 376 g/mol. The second-order valence-corrected chi connectivity index (χ2v) is 8.62. The Morgan fingerprint density at radius 3 is 2.73 bits per heavy atom. The van der Waals surface area contributed by atoms with Crippen LogP contribution in [0.1, 0.15) is 35.8 Å². The Hall–Kier alpha value is -1.71. The second-order valence-electron chi connectivity index (χ2n) is 6.63. The van der Waals surface area contributed by atoms with Crippen molar-refractivity contribution in [3.63, 3.8) is 0 Å². The van der Waals surface area contributed by atoms with Gasteiger partial charge in [0.05, 0.1) is 24.1 Å². The van der Waals surface area contributed by atoms with Gasteiger partial charge in [-0.1, -0.05) is 0 Å². The van der Waals surface area contributed by atoms with E-state index in [1.165, 1.54) is 12.5 Å². The summed E-state index contributed by atoms with van der Waals surface area (Å²) in [7, 11) is -1.49. The average Bonchev–Trinajstić information content (AvgIpc) is 2.99. The van der Waals surface area contributed by atoms with Gasteiger partial charge in [0, 0.05) is 31.5 Å². The van der Waals surface area contributed by atoms with E-state index in [-0.39, 0.29) is 23.2 Å². The molecule has 2 aromatic heterocycles. The predicted octanol–water partition coefficient (Wildman–Crippen LogP) is 1.44. The number of aryl methyl sites for hydroxylation is 1. The van der Waals surface area contributed by atoms with E-state index < -0.39 is 9.84 Å². The number of piperidine rings is 1. The van der Waals surface area contributed by atoms with Crippen molar-refractivity contribution in [2.45, 2.75) is 37.1 Å². The highest BCUT2D eigenvalue weighted by Gasteiger charge is 2.26. The van der Waals surface area contributed by atoms with Gasteiger partial charge in [0.1, 0.15) is 4.90 Å². The average molecular weight is 401 g/mol. The molecule has 2 N–H and O–H groups in total. The van der Waals surface area contributed by atoms with Crippen LogP contribution in [0, 0.1) is 6.92 Å². The summed E-state index contributed by atoms with van der Waals surface area (Å²) in [6.45, 7) is 4.19. The van der Waals surface area contributed by atoms with Gasteiger partial charge in [-0.15, -0.1) is 12.4 Å². The standard InChI is InChI=1S/C16H24N6O2S.ClH/c1-11-7-13(21-20-11)10-22(2)16-18-9-14(25(3,23)24)15(19-16)12-5-4-6-17-8-12;/h7,9,12,17H,4-6,8,10H2,1-3H3,(H,20,21);1H. The first-order chi connectivity index (χ1) is 11.8. The van der Waals surface area contributed by atoms with E-state index in [1.807, 2.05) is 24.9 Å². The molecule has 0 saturated carbocycles. The molecular formula is C16H25ClN6O2S. The van der Waals surface area contributed by atoms with Crippen LogP contribution in [-0.4, -0.2) is 55.0 Å². The topological polar surface area (TPSA) is 104 Å². The largest absolute Gasteiger partial charge is 0.338 e. The van der Waals surface area contributed by atoms with Crippen LogP contribution in [0.25, 0.3) is 0 Å². The third-order valence-corrected chi connectivity index (χ3v) is 5.47. The molecule has 1 saturated heterocycles. The Balaban J connectivity index is 0.00000243. The molecule has 3 heterocycles. The van der Waals surface area contributed by atoms with E-state index in [2.05, 4.69) is 25.5 Å². The van der Waals surface area contributed by atoms with E-state index in [0.29, 0.717) is 18.2 Å². The smallest absolute Gasteiger partial charge is 0.225 e. The van der Waals surface area contributed by atoms with Crippen molar-refractivity contribution in [2.75, 3.05) is 31.3 Å². The van der Waals surface area contributed by atoms with Crippen LogP contribution >= 0.6 is 12.4 Å². The van der Waals surface area contributed by atoms with Crippen LogP contribution < -0.4 is 10.2 Å². The van der Waals surface area contributed by atoms with Crippen LogP contribution in [0.4, 0.5) is 5.95 Å². The maximum atomic E-state index is 12.1. The van der Waals surface area contributed by atoms with Crippen molar-refractivity contribution < 1.29 is 8.42 Å². The summed E-state index contributed by atoms with van der Waals surface area (Å²) in [5, 5.41) is 10.5. The summed E-state index contributed by atoms with van der Waals surface area (Å²) in [4.78, 5) is 11.0. The quantitative estimate of drug-likeness (QED) is 0.782. The molecule has 0 spiro atoms. The third kappa shape index (κ3) is 4.72. The number of hydrogen-bond donors (Lipinski definition) is 2. The first-order valence-corrected chi connectivity index (χ1v) is 10.2. The lowest BCUT2D eigenvalue weighted by atomic mass is 9.96. The minimum atomic E-state index is -3.37. The molecule has 0 bridgehead atoms. The molecule has 0 amide bonds. The number of sulfone groups is 1. The first-order valence-electron chi connectivity index (χ1n) is 8.34. The molecule has 1 unspecified atom stereocenters. The van der Waals surface area contributed by atoms with Gasteiger partial charge in [-0.05, 0) is 32.4 Å². The number of aromatic amines is 1. The second kappa shape index (κ2) is 8.32. The summed E-state index contributed by atoms with van der Waals surface area (Å²) < 4.78 is 24.3. The lowest BCUT2D eigenvalue weighted by molar-refractivity contribution is 0.447. The van der Waals surface area contributed by atoms with Crippen LogP contribution in [0.2, 0.25) is 0 Å². The Bertz CT molecular complexity index is 848. The van der Waals surface area contributed by atoms with Crippen LogP contribution in [0.5, 0.6) is 0 Å². The summed E-state index contributed by atoms with van der Waals surface area (Å²) >= 11 is 0. The Morgan fingerprint density at radius 1 is 1.38 bits per heavy atom. The maximum absolute atomic E-state index is 12.1. The molecule has 10 heteroatoms.